The molecule has 1 aromatic carbocycles. The molecule has 1 saturated heterocycles. The molecule has 0 amide bonds. The van der Waals surface area contributed by atoms with Crippen molar-refractivity contribution in [1.82, 2.24) is 10.6 Å². The Bertz CT molecular complexity index is 646. The summed E-state index contributed by atoms with van der Waals surface area (Å²) in [7, 11) is 1.72. The standard InChI is InChI=1S/C21H35FN4O2.HI/c1-6-23-20(25-15-19(27-5)21(2,3)4)24-14-16-7-8-18(17(22)13-16)26-9-11-28-12-10-26;/h7-8,13,19H,6,9-12,14-15H2,1-5H3,(H2,23,24,25);1H. The van der Waals surface area contributed by atoms with E-state index in [4.69, 9.17) is 9.47 Å². The van der Waals surface area contributed by atoms with Gasteiger partial charge in [0.2, 0.25) is 0 Å². The molecule has 0 radical (unpaired) electrons. The molecule has 1 atom stereocenters. The Kier molecular flexibility index (Phi) is 11.2. The van der Waals surface area contributed by atoms with E-state index < -0.39 is 0 Å². The molecular formula is C21H36FIN4O2. The molecule has 166 valence electrons. The fourth-order valence-electron chi connectivity index (χ4n) is 3.15. The van der Waals surface area contributed by atoms with Gasteiger partial charge in [0.25, 0.3) is 0 Å². The zero-order valence-electron chi connectivity index (χ0n) is 18.3. The maximum absolute atomic E-state index is 14.6. The van der Waals surface area contributed by atoms with Crippen LogP contribution in [0.4, 0.5) is 10.1 Å². The average molecular weight is 522 g/mol. The summed E-state index contributed by atoms with van der Waals surface area (Å²) in [5.74, 6) is 0.492. The number of hydrogen-bond donors (Lipinski definition) is 2. The topological polar surface area (TPSA) is 58.1 Å². The summed E-state index contributed by atoms with van der Waals surface area (Å²) in [6.07, 6.45) is 0.0570. The van der Waals surface area contributed by atoms with Crippen LogP contribution in [0.5, 0.6) is 0 Å². The summed E-state index contributed by atoms with van der Waals surface area (Å²) in [5, 5.41) is 6.55. The van der Waals surface area contributed by atoms with Gasteiger partial charge in [0.15, 0.2) is 5.96 Å². The largest absolute Gasteiger partial charge is 0.379 e. The minimum absolute atomic E-state index is 0. The molecule has 0 saturated carbocycles. The van der Waals surface area contributed by atoms with Crippen LogP contribution in [0.1, 0.15) is 33.3 Å². The van der Waals surface area contributed by atoms with E-state index in [1.165, 1.54) is 0 Å². The predicted molar refractivity (Wildman–Crippen MR) is 128 cm³/mol. The van der Waals surface area contributed by atoms with Gasteiger partial charge < -0.3 is 25.0 Å². The van der Waals surface area contributed by atoms with Crippen molar-refractivity contribution in [3.8, 4) is 0 Å². The van der Waals surface area contributed by atoms with Crippen molar-refractivity contribution >= 4 is 35.6 Å². The van der Waals surface area contributed by atoms with Crippen LogP contribution in [0, 0.1) is 11.2 Å². The Morgan fingerprint density at radius 2 is 1.97 bits per heavy atom. The van der Waals surface area contributed by atoms with E-state index in [2.05, 4.69) is 36.4 Å². The van der Waals surface area contributed by atoms with E-state index in [-0.39, 0.29) is 41.3 Å². The second-order valence-electron chi connectivity index (χ2n) is 8.05. The molecule has 6 nitrogen and oxygen atoms in total. The molecule has 2 N–H and O–H groups in total. The van der Waals surface area contributed by atoms with Crippen LogP contribution in [-0.4, -0.2) is 58.6 Å². The highest BCUT2D eigenvalue weighted by Crippen LogP contribution is 2.22. The number of methoxy groups -OCH3 is 1. The molecule has 1 aliphatic rings. The van der Waals surface area contributed by atoms with Crippen molar-refractivity contribution < 1.29 is 13.9 Å². The van der Waals surface area contributed by atoms with Crippen LogP contribution >= 0.6 is 24.0 Å². The molecule has 1 aromatic rings. The third kappa shape index (κ3) is 8.25. The van der Waals surface area contributed by atoms with Gasteiger partial charge in [-0.1, -0.05) is 26.8 Å². The van der Waals surface area contributed by atoms with Gasteiger partial charge in [-0.3, -0.25) is 0 Å². The summed E-state index contributed by atoms with van der Waals surface area (Å²) in [5.41, 5.74) is 1.50. The van der Waals surface area contributed by atoms with Crippen LogP contribution in [0.2, 0.25) is 0 Å². The Hall–Kier alpha value is -1.13. The smallest absolute Gasteiger partial charge is 0.191 e. The molecule has 8 heteroatoms. The third-order valence-corrected chi connectivity index (χ3v) is 4.83. The minimum Gasteiger partial charge on any atom is -0.379 e. The van der Waals surface area contributed by atoms with Crippen LogP contribution in [-0.2, 0) is 16.0 Å². The van der Waals surface area contributed by atoms with Crippen LogP contribution in [0.25, 0.3) is 0 Å². The quantitative estimate of drug-likeness (QED) is 0.327. The van der Waals surface area contributed by atoms with E-state index in [1.807, 2.05) is 24.0 Å². The number of hydrogen-bond acceptors (Lipinski definition) is 4. The number of rotatable bonds is 7. The monoisotopic (exact) mass is 522 g/mol. The Labute approximate surface area is 191 Å². The zero-order chi connectivity index (χ0) is 20.6. The summed E-state index contributed by atoms with van der Waals surface area (Å²) in [6, 6.07) is 5.35. The van der Waals surface area contributed by atoms with Gasteiger partial charge in [-0.05, 0) is 30.0 Å². The van der Waals surface area contributed by atoms with Crippen molar-refractivity contribution in [2.75, 3.05) is 51.4 Å². The van der Waals surface area contributed by atoms with Gasteiger partial charge in [0.05, 0.1) is 31.5 Å². The van der Waals surface area contributed by atoms with E-state index in [9.17, 15) is 4.39 Å². The Morgan fingerprint density at radius 3 is 2.52 bits per heavy atom. The first-order valence-corrected chi connectivity index (χ1v) is 10.0. The lowest BCUT2D eigenvalue weighted by molar-refractivity contribution is 0.0205. The maximum Gasteiger partial charge on any atom is 0.191 e. The highest BCUT2D eigenvalue weighted by molar-refractivity contribution is 14.0. The SMILES string of the molecule is CCNC(=NCc1ccc(N2CCOCC2)c(F)c1)NCC(OC)C(C)(C)C.I. The van der Waals surface area contributed by atoms with Gasteiger partial charge in [-0.15, -0.1) is 24.0 Å². The fraction of sp³-hybridized carbons (Fsp3) is 0.667. The first-order chi connectivity index (χ1) is 13.3. The van der Waals surface area contributed by atoms with E-state index in [0.717, 1.165) is 25.2 Å². The van der Waals surface area contributed by atoms with Crippen molar-refractivity contribution in [2.24, 2.45) is 10.4 Å². The average Bonchev–Trinajstić information content (AvgIpc) is 2.66. The van der Waals surface area contributed by atoms with Crippen molar-refractivity contribution in [3.05, 3.63) is 29.6 Å². The number of anilines is 1. The Balaban J connectivity index is 0.00000420. The molecule has 2 rings (SSSR count). The summed E-state index contributed by atoms with van der Waals surface area (Å²) in [6.45, 7) is 13.0. The summed E-state index contributed by atoms with van der Waals surface area (Å²) in [4.78, 5) is 6.62. The lowest BCUT2D eigenvalue weighted by atomic mass is 9.89. The van der Waals surface area contributed by atoms with Crippen molar-refractivity contribution in [2.45, 2.75) is 40.3 Å². The number of morpholine rings is 1. The second-order valence-corrected chi connectivity index (χ2v) is 8.05. The molecule has 29 heavy (non-hydrogen) atoms. The van der Waals surface area contributed by atoms with Crippen LogP contribution < -0.4 is 15.5 Å². The van der Waals surface area contributed by atoms with Gasteiger partial charge in [-0.2, -0.15) is 0 Å². The molecule has 1 fully saturated rings. The maximum atomic E-state index is 14.6. The first-order valence-electron chi connectivity index (χ1n) is 10.0. The number of halogens is 2. The number of nitrogens with one attached hydrogen (secondary N) is 2. The lowest BCUT2D eigenvalue weighted by Gasteiger charge is -2.30. The zero-order valence-corrected chi connectivity index (χ0v) is 20.6. The highest BCUT2D eigenvalue weighted by Gasteiger charge is 2.24. The van der Waals surface area contributed by atoms with Gasteiger partial charge in [-0.25, -0.2) is 9.38 Å². The van der Waals surface area contributed by atoms with E-state index >= 15 is 0 Å². The molecule has 0 aromatic heterocycles. The second kappa shape index (κ2) is 12.5. The number of nitrogens with zero attached hydrogens (tertiary/aromatic N) is 2. The molecule has 1 aliphatic heterocycles. The highest BCUT2D eigenvalue weighted by atomic mass is 127. The molecule has 0 bridgehead atoms. The van der Waals surface area contributed by atoms with Gasteiger partial charge in [0.1, 0.15) is 5.82 Å². The molecule has 0 spiro atoms. The van der Waals surface area contributed by atoms with Crippen LogP contribution in [0.3, 0.4) is 0 Å². The molecule has 0 aliphatic carbocycles. The molecule has 1 unspecified atom stereocenters. The lowest BCUT2D eigenvalue weighted by Crippen LogP contribution is -2.45. The number of aliphatic imine (C=N–C) groups is 1. The van der Waals surface area contributed by atoms with Crippen molar-refractivity contribution in [1.29, 1.82) is 0 Å². The van der Waals surface area contributed by atoms with Crippen molar-refractivity contribution in [3.63, 3.8) is 0 Å². The van der Waals surface area contributed by atoms with E-state index in [0.29, 0.717) is 38.0 Å². The van der Waals surface area contributed by atoms with Crippen LogP contribution in [0.15, 0.2) is 23.2 Å². The fourth-order valence-corrected chi connectivity index (χ4v) is 3.15. The Morgan fingerprint density at radius 1 is 1.28 bits per heavy atom. The minimum atomic E-state index is -0.209. The normalized spacial score (nSPS) is 16.2. The number of guanidine groups is 1. The van der Waals surface area contributed by atoms with Gasteiger partial charge >= 0.3 is 0 Å². The predicted octanol–water partition coefficient (Wildman–Crippen LogP) is 3.40. The first kappa shape index (κ1) is 25.9. The van der Waals surface area contributed by atoms with Gasteiger partial charge in [0, 0.05) is 33.3 Å². The summed E-state index contributed by atoms with van der Waals surface area (Å²) >= 11 is 0. The molecular weight excluding hydrogens is 486 g/mol. The van der Waals surface area contributed by atoms with E-state index in [1.54, 1.807) is 13.2 Å². The summed E-state index contributed by atoms with van der Waals surface area (Å²) < 4.78 is 25.5. The third-order valence-electron chi connectivity index (χ3n) is 4.83. The number of ether oxygens (including phenoxy) is 2. The number of benzene rings is 1. The molecule has 1 heterocycles.